The third-order valence-electron chi connectivity index (χ3n) is 6.22. The molecule has 0 aliphatic carbocycles. The van der Waals surface area contributed by atoms with Crippen LogP contribution in [0.5, 0.6) is 28.7 Å². The SMILES string of the molecule is CCn1cc(C=C2Oc3cc(OC(=O)c4ccc(OC)c(OC)c4)ccc3C2=O)c2cc(OC)ccc21. The van der Waals surface area contributed by atoms with Gasteiger partial charge in [-0.05, 0) is 61.5 Å². The number of allylic oxidation sites excluding steroid dienone is 1. The molecule has 1 aromatic heterocycles. The van der Waals surface area contributed by atoms with Crippen molar-refractivity contribution in [1.29, 1.82) is 0 Å². The van der Waals surface area contributed by atoms with Crippen LogP contribution < -0.4 is 23.7 Å². The van der Waals surface area contributed by atoms with E-state index in [2.05, 4.69) is 11.5 Å². The molecule has 0 spiro atoms. The quantitative estimate of drug-likeness (QED) is 0.188. The van der Waals surface area contributed by atoms with Gasteiger partial charge in [0.25, 0.3) is 0 Å². The summed E-state index contributed by atoms with van der Waals surface area (Å²) in [7, 11) is 4.62. The smallest absolute Gasteiger partial charge is 0.343 e. The number of carbonyl (C=O) groups is 2. The maximum atomic E-state index is 13.1. The first kappa shape index (κ1) is 24.0. The minimum Gasteiger partial charge on any atom is -0.497 e. The highest BCUT2D eigenvalue weighted by Gasteiger charge is 2.28. The molecule has 8 nitrogen and oxygen atoms in total. The lowest BCUT2D eigenvalue weighted by atomic mass is 10.1. The van der Waals surface area contributed by atoms with Crippen LogP contribution in [0.4, 0.5) is 0 Å². The average molecular weight is 500 g/mol. The Kier molecular flexibility index (Phi) is 6.31. The van der Waals surface area contributed by atoms with Crippen LogP contribution in [-0.4, -0.2) is 37.6 Å². The number of ether oxygens (including phenoxy) is 5. The van der Waals surface area contributed by atoms with E-state index in [1.165, 1.54) is 26.4 Å². The standard InChI is InChI=1S/C29H25NO7/c1-5-30-16-18(22-14-19(33-2)8-10-23(22)30)13-27-28(31)21-9-7-20(15-25(21)37-27)36-29(32)17-6-11-24(34-3)26(12-17)35-4/h6-16H,5H2,1-4H3. The van der Waals surface area contributed by atoms with Gasteiger partial charge in [-0.1, -0.05) is 0 Å². The van der Waals surface area contributed by atoms with Gasteiger partial charge in [0.1, 0.15) is 17.2 Å². The summed E-state index contributed by atoms with van der Waals surface area (Å²) in [4.78, 5) is 25.8. The average Bonchev–Trinajstić information content (AvgIpc) is 3.43. The van der Waals surface area contributed by atoms with Gasteiger partial charge in [0, 0.05) is 35.3 Å². The van der Waals surface area contributed by atoms with Crippen molar-refractivity contribution in [3.8, 4) is 28.7 Å². The number of Topliss-reactive ketones (excluding diaryl/α,β-unsaturated/α-hetero) is 1. The number of benzene rings is 3. The number of hydrogen-bond donors (Lipinski definition) is 0. The fourth-order valence-corrected chi connectivity index (χ4v) is 4.31. The number of hydrogen-bond acceptors (Lipinski definition) is 7. The van der Waals surface area contributed by atoms with E-state index in [0.717, 1.165) is 28.8 Å². The minimum atomic E-state index is -0.581. The number of aryl methyl sites for hydroxylation is 1. The second kappa shape index (κ2) is 9.73. The molecule has 0 atom stereocenters. The van der Waals surface area contributed by atoms with Crippen LogP contribution in [0, 0.1) is 0 Å². The summed E-state index contributed by atoms with van der Waals surface area (Å²) in [6, 6.07) is 15.3. The maximum absolute atomic E-state index is 13.1. The molecule has 8 heteroatoms. The van der Waals surface area contributed by atoms with Crippen LogP contribution in [0.2, 0.25) is 0 Å². The van der Waals surface area contributed by atoms with Gasteiger partial charge >= 0.3 is 5.97 Å². The zero-order valence-corrected chi connectivity index (χ0v) is 20.9. The van der Waals surface area contributed by atoms with E-state index >= 15 is 0 Å². The van der Waals surface area contributed by atoms with E-state index in [1.54, 1.807) is 37.5 Å². The van der Waals surface area contributed by atoms with Gasteiger partial charge in [0.05, 0.1) is 32.5 Å². The van der Waals surface area contributed by atoms with Gasteiger partial charge in [-0.3, -0.25) is 4.79 Å². The summed E-state index contributed by atoms with van der Waals surface area (Å²) >= 11 is 0. The molecule has 3 aromatic carbocycles. The normalized spacial score (nSPS) is 13.4. The second-order valence-electron chi connectivity index (χ2n) is 8.31. The van der Waals surface area contributed by atoms with Crippen LogP contribution in [0.3, 0.4) is 0 Å². The maximum Gasteiger partial charge on any atom is 0.343 e. The molecule has 1 aliphatic heterocycles. The lowest BCUT2D eigenvalue weighted by Crippen LogP contribution is -2.09. The number of nitrogens with zero attached hydrogens (tertiary/aromatic N) is 1. The molecular weight excluding hydrogens is 474 g/mol. The Hall–Kier alpha value is -4.72. The number of fused-ring (bicyclic) bond motifs is 2. The molecule has 0 saturated carbocycles. The number of methoxy groups -OCH3 is 3. The van der Waals surface area contributed by atoms with Crippen molar-refractivity contribution in [3.63, 3.8) is 0 Å². The van der Waals surface area contributed by atoms with E-state index in [0.29, 0.717) is 28.4 Å². The van der Waals surface area contributed by atoms with Crippen molar-refractivity contribution >= 4 is 28.7 Å². The highest BCUT2D eigenvalue weighted by atomic mass is 16.5. The van der Waals surface area contributed by atoms with Crippen LogP contribution in [0.15, 0.2) is 66.6 Å². The predicted molar refractivity (Wildman–Crippen MR) is 138 cm³/mol. The lowest BCUT2D eigenvalue weighted by Gasteiger charge is -2.10. The van der Waals surface area contributed by atoms with Crippen molar-refractivity contribution < 1.29 is 33.3 Å². The second-order valence-corrected chi connectivity index (χ2v) is 8.31. The summed E-state index contributed by atoms with van der Waals surface area (Å²) in [6.45, 7) is 2.83. The monoisotopic (exact) mass is 499 g/mol. The van der Waals surface area contributed by atoms with Crippen LogP contribution in [0.1, 0.15) is 33.2 Å². The predicted octanol–water partition coefficient (Wildman–Crippen LogP) is 5.52. The van der Waals surface area contributed by atoms with E-state index in [1.807, 2.05) is 24.4 Å². The van der Waals surface area contributed by atoms with E-state index in [-0.39, 0.29) is 17.3 Å². The first-order valence-electron chi connectivity index (χ1n) is 11.6. The van der Waals surface area contributed by atoms with Crippen LogP contribution in [-0.2, 0) is 6.54 Å². The van der Waals surface area contributed by atoms with E-state index in [4.69, 9.17) is 23.7 Å². The Balaban J connectivity index is 1.41. The summed E-state index contributed by atoms with van der Waals surface area (Å²) in [5.41, 5.74) is 2.56. The van der Waals surface area contributed by atoms with Gasteiger partial charge in [-0.2, -0.15) is 0 Å². The Bertz CT molecular complexity index is 1560. The molecule has 188 valence electrons. The molecule has 0 unspecified atom stereocenters. The van der Waals surface area contributed by atoms with Gasteiger partial charge in [0.2, 0.25) is 5.78 Å². The van der Waals surface area contributed by atoms with E-state index < -0.39 is 5.97 Å². The molecule has 0 saturated heterocycles. The molecule has 5 rings (SSSR count). The summed E-state index contributed by atoms with van der Waals surface area (Å²) in [6.07, 6.45) is 3.71. The van der Waals surface area contributed by atoms with Gasteiger partial charge in [-0.15, -0.1) is 0 Å². The third-order valence-corrected chi connectivity index (χ3v) is 6.22. The topological polar surface area (TPSA) is 85.2 Å². The summed E-state index contributed by atoms with van der Waals surface area (Å²) < 4.78 is 29.4. The molecular formula is C29H25NO7. The Morgan fingerprint density at radius 3 is 2.43 bits per heavy atom. The molecule has 0 N–H and O–H groups in total. The molecule has 2 heterocycles. The Morgan fingerprint density at radius 1 is 0.919 bits per heavy atom. The third kappa shape index (κ3) is 4.38. The molecule has 0 radical (unpaired) electrons. The van der Waals surface area contributed by atoms with Gasteiger partial charge in [0.15, 0.2) is 17.3 Å². The van der Waals surface area contributed by atoms with Crippen molar-refractivity contribution in [2.75, 3.05) is 21.3 Å². The Labute approximate surface area is 213 Å². The first-order valence-corrected chi connectivity index (χ1v) is 11.6. The zero-order chi connectivity index (χ0) is 26.1. The summed E-state index contributed by atoms with van der Waals surface area (Å²) in [5, 5.41) is 0.950. The molecule has 37 heavy (non-hydrogen) atoms. The zero-order valence-electron chi connectivity index (χ0n) is 20.9. The number of ketones is 1. The highest BCUT2D eigenvalue weighted by molar-refractivity contribution is 6.15. The van der Waals surface area contributed by atoms with Crippen molar-refractivity contribution in [2.45, 2.75) is 13.5 Å². The summed E-state index contributed by atoms with van der Waals surface area (Å²) in [5.74, 6) is 1.58. The molecule has 1 aliphatic rings. The first-order chi connectivity index (χ1) is 17.9. The molecule has 4 aromatic rings. The number of carbonyl (C=O) groups excluding carboxylic acids is 2. The minimum absolute atomic E-state index is 0.191. The fraction of sp³-hybridized carbons (Fsp3) is 0.172. The van der Waals surface area contributed by atoms with E-state index in [9.17, 15) is 9.59 Å². The lowest BCUT2D eigenvalue weighted by molar-refractivity contribution is 0.0734. The molecule has 0 bridgehead atoms. The van der Waals surface area contributed by atoms with Crippen LogP contribution >= 0.6 is 0 Å². The largest absolute Gasteiger partial charge is 0.497 e. The number of rotatable bonds is 7. The molecule has 0 amide bonds. The van der Waals surface area contributed by atoms with Gasteiger partial charge < -0.3 is 28.3 Å². The van der Waals surface area contributed by atoms with Gasteiger partial charge in [-0.25, -0.2) is 4.79 Å². The van der Waals surface area contributed by atoms with Crippen molar-refractivity contribution in [1.82, 2.24) is 4.57 Å². The Morgan fingerprint density at radius 2 is 1.70 bits per heavy atom. The number of esters is 1. The van der Waals surface area contributed by atoms with Crippen molar-refractivity contribution in [3.05, 3.63) is 83.2 Å². The van der Waals surface area contributed by atoms with Crippen LogP contribution in [0.25, 0.3) is 17.0 Å². The highest BCUT2D eigenvalue weighted by Crippen LogP contribution is 2.37. The fourth-order valence-electron chi connectivity index (χ4n) is 4.31. The van der Waals surface area contributed by atoms with Crippen molar-refractivity contribution in [2.24, 2.45) is 0 Å². The number of aromatic nitrogens is 1. The molecule has 0 fully saturated rings.